The number of amides is 1. The molecule has 2 N–H and O–H groups in total. The van der Waals surface area contributed by atoms with Crippen LogP contribution >= 0.6 is 0 Å². The largest absolute Gasteiger partial charge is 0.356 e. The molecule has 17 heavy (non-hydrogen) atoms. The summed E-state index contributed by atoms with van der Waals surface area (Å²) in [6.07, 6.45) is 3.96. The van der Waals surface area contributed by atoms with Crippen LogP contribution in [0.2, 0.25) is 0 Å². The normalized spacial score (nSPS) is 10.9. The number of rotatable bonds is 7. The molecule has 0 atom stereocenters. The number of unbranched alkanes of at least 4 members (excludes halogenated alkanes) is 1. The van der Waals surface area contributed by atoms with E-state index in [2.05, 4.69) is 29.1 Å². The topological polar surface area (TPSA) is 56.7 Å². The van der Waals surface area contributed by atoms with Gasteiger partial charge in [-0.1, -0.05) is 19.4 Å². The van der Waals surface area contributed by atoms with Crippen molar-refractivity contribution in [2.24, 2.45) is 4.99 Å². The average molecular weight is 240 g/mol. The molecule has 0 fully saturated rings. The number of guanidine groups is 1. The molecule has 0 aliphatic rings. The molecule has 0 spiro atoms. The summed E-state index contributed by atoms with van der Waals surface area (Å²) in [6, 6.07) is 0. The first kappa shape index (κ1) is 15.5. The lowest BCUT2D eigenvalue weighted by atomic mass is 10.3. The molecule has 0 aliphatic carbocycles. The predicted octanol–water partition coefficient (Wildman–Crippen LogP) is 0.596. The van der Waals surface area contributed by atoms with Gasteiger partial charge >= 0.3 is 0 Å². The van der Waals surface area contributed by atoms with E-state index in [1.165, 1.54) is 4.90 Å². The first-order valence-corrected chi connectivity index (χ1v) is 5.95. The molecule has 0 aromatic carbocycles. The minimum absolute atomic E-state index is 0.0137. The quantitative estimate of drug-likeness (QED) is 0.296. The molecule has 0 aromatic heterocycles. The summed E-state index contributed by atoms with van der Waals surface area (Å²) in [5.41, 5.74) is 0. The highest BCUT2D eigenvalue weighted by Gasteiger charge is 2.03. The van der Waals surface area contributed by atoms with Crippen LogP contribution in [-0.4, -0.2) is 50.5 Å². The highest BCUT2D eigenvalue weighted by molar-refractivity contribution is 5.84. The van der Waals surface area contributed by atoms with Gasteiger partial charge < -0.3 is 15.5 Å². The molecule has 1 amide bonds. The Morgan fingerprint density at radius 3 is 2.65 bits per heavy atom. The molecular weight excluding hydrogens is 216 g/mol. The van der Waals surface area contributed by atoms with Crippen LogP contribution in [-0.2, 0) is 4.79 Å². The molecule has 0 aromatic rings. The number of nitrogens with one attached hydrogen (secondary N) is 2. The zero-order chi connectivity index (χ0) is 13.1. The van der Waals surface area contributed by atoms with Crippen molar-refractivity contribution >= 4 is 11.9 Å². The predicted molar refractivity (Wildman–Crippen MR) is 72.1 cm³/mol. The first-order chi connectivity index (χ1) is 8.11. The van der Waals surface area contributed by atoms with Gasteiger partial charge in [0.25, 0.3) is 0 Å². The molecule has 0 saturated heterocycles. The van der Waals surface area contributed by atoms with Gasteiger partial charge in [-0.25, -0.2) is 4.99 Å². The van der Waals surface area contributed by atoms with Gasteiger partial charge in [-0.3, -0.25) is 4.79 Å². The van der Waals surface area contributed by atoms with Gasteiger partial charge in [0.05, 0.1) is 0 Å². The number of carbonyl (C=O) groups is 1. The van der Waals surface area contributed by atoms with E-state index in [0.717, 1.165) is 19.4 Å². The highest BCUT2D eigenvalue weighted by atomic mass is 16.2. The first-order valence-electron chi connectivity index (χ1n) is 5.95. The van der Waals surface area contributed by atoms with E-state index in [1.807, 2.05) is 0 Å². The molecule has 98 valence electrons. The summed E-state index contributed by atoms with van der Waals surface area (Å²) in [5.74, 6) is 0.647. The van der Waals surface area contributed by atoms with Gasteiger partial charge in [-0.05, 0) is 6.42 Å². The fourth-order valence-electron chi connectivity index (χ4n) is 1.01. The second-order valence-corrected chi connectivity index (χ2v) is 3.90. The zero-order valence-corrected chi connectivity index (χ0v) is 11.1. The monoisotopic (exact) mass is 240 g/mol. The van der Waals surface area contributed by atoms with Crippen molar-refractivity contribution in [2.45, 2.75) is 19.8 Å². The van der Waals surface area contributed by atoms with Gasteiger partial charge in [-0.15, -0.1) is 6.58 Å². The van der Waals surface area contributed by atoms with E-state index < -0.39 is 0 Å². The zero-order valence-electron chi connectivity index (χ0n) is 11.1. The second kappa shape index (κ2) is 9.69. The summed E-state index contributed by atoms with van der Waals surface area (Å²) >= 11 is 0. The Morgan fingerprint density at radius 2 is 2.12 bits per heavy atom. The molecule has 0 unspecified atom stereocenters. The third-order valence-electron chi connectivity index (χ3n) is 2.11. The summed E-state index contributed by atoms with van der Waals surface area (Å²) in [7, 11) is 3.44. The lowest BCUT2D eigenvalue weighted by molar-refractivity contribution is -0.127. The van der Waals surface area contributed by atoms with Gasteiger partial charge in [0.15, 0.2) is 5.96 Å². The van der Waals surface area contributed by atoms with E-state index in [9.17, 15) is 4.79 Å². The third-order valence-corrected chi connectivity index (χ3v) is 2.11. The van der Waals surface area contributed by atoms with Crippen molar-refractivity contribution in [3.05, 3.63) is 12.7 Å². The minimum Gasteiger partial charge on any atom is -0.356 e. The van der Waals surface area contributed by atoms with E-state index >= 15 is 0 Å². The van der Waals surface area contributed by atoms with Crippen LogP contribution in [0, 0.1) is 0 Å². The van der Waals surface area contributed by atoms with Crippen molar-refractivity contribution < 1.29 is 4.79 Å². The molecule has 5 heteroatoms. The number of hydrogen-bond donors (Lipinski definition) is 2. The molecule has 0 heterocycles. The van der Waals surface area contributed by atoms with E-state index in [-0.39, 0.29) is 12.5 Å². The van der Waals surface area contributed by atoms with Gasteiger partial charge in [0.1, 0.15) is 6.54 Å². The Kier molecular flexibility index (Phi) is 8.82. The van der Waals surface area contributed by atoms with E-state index in [0.29, 0.717) is 12.5 Å². The second-order valence-electron chi connectivity index (χ2n) is 3.90. The average Bonchev–Trinajstić information content (AvgIpc) is 2.31. The van der Waals surface area contributed by atoms with Gasteiger partial charge in [0, 0.05) is 27.2 Å². The Hall–Kier alpha value is -1.52. The van der Waals surface area contributed by atoms with Gasteiger partial charge in [0.2, 0.25) is 5.91 Å². The molecule has 0 bridgehead atoms. The van der Waals surface area contributed by atoms with Crippen LogP contribution in [0.25, 0.3) is 0 Å². The number of aliphatic imine (C=N–C) groups is 1. The Morgan fingerprint density at radius 1 is 1.41 bits per heavy atom. The molecule has 0 aliphatic heterocycles. The Bertz CT molecular complexity index is 261. The summed E-state index contributed by atoms with van der Waals surface area (Å²) in [4.78, 5) is 17.1. The van der Waals surface area contributed by atoms with Crippen LogP contribution in [0.4, 0.5) is 0 Å². The maximum absolute atomic E-state index is 11.4. The van der Waals surface area contributed by atoms with Crippen molar-refractivity contribution in [3.8, 4) is 0 Å². The number of hydrogen-bond acceptors (Lipinski definition) is 2. The molecule has 0 saturated carbocycles. The van der Waals surface area contributed by atoms with Crippen LogP contribution in [0.15, 0.2) is 17.6 Å². The Labute approximate surface area is 104 Å². The molecule has 5 nitrogen and oxygen atoms in total. The van der Waals surface area contributed by atoms with Crippen molar-refractivity contribution in [1.29, 1.82) is 0 Å². The number of carbonyl (C=O) groups excluding carboxylic acids is 1. The summed E-state index contributed by atoms with van der Waals surface area (Å²) in [5, 5.41) is 6.24. The maximum atomic E-state index is 11.4. The smallest absolute Gasteiger partial charge is 0.243 e. The molecular formula is C12H24N4O. The third kappa shape index (κ3) is 8.30. The summed E-state index contributed by atoms with van der Waals surface area (Å²) in [6.45, 7) is 7.41. The van der Waals surface area contributed by atoms with Crippen LogP contribution < -0.4 is 10.6 Å². The number of likely N-dealkylation sites (N-methyl/N-ethyl adjacent to an activating group) is 1. The Balaban J connectivity index is 4.18. The van der Waals surface area contributed by atoms with Crippen molar-refractivity contribution in [3.63, 3.8) is 0 Å². The highest BCUT2D eigenvalue weighted by Crippen LogP contribution is 1.84. The van der Waals surface area contributed by atoms with Crippen LogP contribution in [0.3, 0.4) is 0 Å². The SMILES string of the molecule is C=CCNC(=NCC(=O)N(C)C)NCCCC. The standard InChI is InChI=1S/C12H24N4O/c1-5-7-9-14-12(13-8-6-2)15-10-11(17)16(3)4/h6H,2,5,7-10H2,1,3-4H3,(H2,13,14,15). The molecule has 0 radical (unpaired) electrons. The van der Waals surface area contributed by atoms with Crippen LogP contribution in [0.1, 0.15) is 19.8 Å². The van der Waals surface area contributed by atoms with E-state index in [4.69, 9.17) is 0 Å². The lowest BCUT2D eigenvalue weighted by Crippen LogP contribution is -2.39. The number of nitrogens with zero attached hydrogens (tertiary/aromatic N) is 2. The van der Waals surface area contributed by atoms with Crippen molar-refractivity contribution in [1.82, 2.24) is 15.5 Å². The minimum atomic E-state index is -0.0137. The maximum Gasteiger partial charge on any atom is 0.243 e. The molecule has 0 rings (SSSR count). The van der Waals surface area contributed by atoms with Crippen molar-refractivity contribution in [2.75, 3.05) is 33.7 Å². The fourth-order valence-corrected chi connectivity index (χ4v) is 1.01. The summed E-state index contributed by atoms with van der Waals surface area (Å²) < 4.78 is 0. The fraction of sp³-hybridized carbons (Fsp3) is 0.667. The van der Waals surface area contributed by atoms with Crippen LogP contribution in [0.5, 0.6) is 0 Å². The lowest BCUT2D eigenvalue weighted by Gasteiger charge is -2.12. The van der Waals surface area contributed by atoms with Gasteiger partial charge in [-0.2, -0.15) is 0 Å². The van der Waals surface area contributed by atoms with E-state index in [1.54, 1.807) is 20.2 Å².